The van der Waals surface area contributed by atoms with E-state index in [1.54, 1.807) is 0 Å². The van der Waals surface area contributed by atoms with Crippen LogP contribution in [0.4, 0.5) is 0 Å². The third-order valence-electron chi connectivity index (χ3n) is 6.11. The van der Waals surface area contributed by atoms with E-state index >= 15 is 0 Å². The van der Waals surface area contributed by atoms with Crippen molar-refractivity contribution in [3.8, 4) is 11.1 Å². The number of fused-ring (bicyclic) bond motifs is 3. The second-order valence-electron chi connectivity index (χ2n) is 8.26. The fraction of sp³-hybridized carbons (Fsp3) is 0.222. The largest absolute Gasteiger partial charge is 0.478 e. The Morgan fingerprint density at radius 3 is 2.06 bits per heavy atom. The van der Waals surface area contributed by atoms with E-state index in [-0.39, 0.29) is 11.8 Å². The van der Waals surface area contributed by atoms with E-state index in [9.17, 15) is 4.79 Å². The summed E-state index contributed by atoms with van der Waals surface area (Å²) in [6.07, 6.45) is 2.53. The van der Waals surface area contributed by atoms with Crippen molar-refractivity contribution >= 4 is 5.91 Å². The first-order chi connectivity index (χ1) is 15.2. The van der Waals surface area contributed by atoms with Crippen LogP contribution in [0.5, 0.6) is 0 Å². The first kappa shape index (κ1) is 19.4. The molecule has 0 aliphatic heterocycles. The van der Waals surface area contributed by atoms with E-state index in [0.29, 0.717) is 13.0 Å². The summed E-state index contributed by atoms with van der Waals surface area (Å²) in [5.41, 5.74) is 13.1. The van der Waals surface area contributed by atoms with Crippen molar-refractivity contribution in [2.75, 3.05) is 6.61 Å². The average molecular weight is 411 g/mol. The summed E-state index contributed by atoms with van der Waals surface area (Å²) in [4.78, 5) is 12.2. The molecule has 1 saturated carbocycles. The van der Waals surface area contributed by atoms with Gasteiger partial charge in [0, 0.05) is 12.3 Å². The monoisotopic (exact) mass is 410 g/mol. The molecule has 31 heavy (non-hydrogen) atoms. The molecule has 3 aromatic carbocycles. The summed E-state index contributed by atoms with van der Waals surface area (Å²) in [5, 5.41) is 3.32. The molecule has 5 rings (SSSR count). The molecule has 2 aliphatic carbocycles. The molecule has 1 amide bonds. The van der Waals surface area contributed by atoms with Crippen LogP contribution >= 0.6 is 0 Å². The molecule has 0 radical (unpaired) electrons. The van der Waals surface area contributed by atoms with Crippen LogP contribution in [0.3, 0.4) is 0 Å². The van der Waals surface area contributed by atoms with Gasteiger partial charge in [0.15, 0.2) is 5.88 Å². The van der Waals surface area contributed by atoms with Gasteiger partial charge >= 0.3 is 0 Å². The summed E-state index contributed by atoms with van der Waals surface area (Å²) >= 11 is 0. The van der Waals surface area contributed by atoms with Gasteiger partial charge in [-0.2, -0.15) is 0 Å². The Balaban J connectivity index is 1.34. The van der Waals surface area contributed by atoms with Gasteiger partial charge in [0.25, 0.3) is 0 Å². The zero-order chi connectivity index (χ0) is 21.2. The number of hydrogen-bond donors (Lipinski definition) is 2. The van der Waals surface area contributed by atoms with E-state index in [2.05, 4.69) is 53.8 Å². The van der Waals surface area contributed by atoms with Crippen LogP contribution in [-0.2, 0) is 16.0 Å². The summed E-state index contributed by atoms with van der Waals surface area (Å²) in [7, 11) is 0. The number of nitrogens with one attached hydrogen (secondary N) is 1. The van der Waals surface area contributed by atoms with Gasteiger partial charge in [-0.15, -0.1) is 0 Å². The van der Waals surface area contributed by atoms with Crippen LogP contribution in [0.15, 0.2) is 90.3 Å². The predicted molar refractivity (Wildman–Crippen MR) is 122 cm³/mol. The maximum atomic E-state index is 12.2. The molecule has 3 aromatic rings. The highest BCUT2D eigenvalue weighted by atomic mass is 16.5. The number of primary amides is 1. The number of benzene rings is 3. The number of ether oxygens (including phenoxy) is 1. The minimum Gasteiger partial charge on any atom is -0.478 e. The van der Waals surface area contributed by atoms with E-state index in [1.165, 1.54) is 27.8 Å². The Hall–Kier alpha value is -3.53. The lowest BCUT2D eigenvalue weighted by molar-refractivity contribution is -0.120. The first-order valence-electron chi connectivity index (χ1n) is 10.8. The van der Waals surface area contributed by atoms with E-state index < -0.39 is 6.04 Å². The van der Waals surface area contributed by atoms with E-state index in [0.717, 1.165) is 24.3 Å². The Morgan fingerprint density at radius 1 is 0.903 bits per heavy atom. The number of amides is 1. The van der Waals surface area contributed by atoms with Crippen molar-refractivity contribution in [2.45, 2.75) is 31.2 Å². The molecule has 4 nitrogen and oxygen atoms in total. The van der Waals surface area contributed by atoms with Gasteiger partial charge in [-0.1, -0.05) is 78.9 Å². The predicted octanol–water partition coefficient (Wildman–Crippen LogP) is 4.51. The fourth-order valence-electron chi connectivity index (χ4n) is 4.37. The molecular formula is C27H26N2O2. The summed E-state index contributed by atoms with van der Waals surface area (Å²) in [5.74, 6) is 0.522. The number of carbonyl (C=O) groups is 1. The second kappa shape index (κ2) is 8.31. The van der Waals surface area contributed by atoms with Crippen LogP contribution in [0.2, 0.25) is 0 Å². The van der Waals surface area contributed by atoms with Gasteiger partial charge in [0.2, 0.25) is 5.91 Å². The van der Waals surface area contributed by atoms with Gasteiger partial charge in [0.1, 0.15) is 12.6 Å². The molecule has 1 fully saturated rings. The third-order valence-corrected chi connectivity index (χ3v) is 6.11. The molecule has 0 saturated heterocycles. The maximum absolute atomic E-state index is 12.2. The Labute approximate surface area is 182 Å². The van der Waals surface area contributed by atoms with Crippen molar-refractivity contribution < 1.29 is 9.53 Å². The Bertz CT molecular complexity index is 1090. The van der Waals surface area contributed by atoms with Crippen molar-refractivity contribution in [2.24, 2.45) is 5.73 Å². The lowest BCUT2D eigenvalue weighted by atomic mass is 9.98. The van der Waals surface area contributed by atoms with Crippen molar-refractivity contribution in [1.29, 1.82) is 0 Å². The van der Waals surface area contributed by atoms with Crippen LogP contribution in [0.1, 0.15) is 35.4 Å². The van der Waals surface area contributed by atoms with Gasteiger partial charge < -0.3 is 15.8 Å². The summed E-state index contributed by atoms with van der Waals surface area (Å²) in [6.45, 7) is 0.524. The SMILES string of the molecule is NC(=O)[C@H](Cc1ccccc1)NC(OCC1c2ccccc2-c2ccccc21)=C1CC1. The standard InChI is InChI=1S/C27H26N2O2/c28-26(30)25(16-18-8-2-1-3-9-18)29-27(19-14-15-19)31-17-24-22-12-6-4-10-20(22)21-11-5-7-13-23(21)24/h1-13,24-25,29H,14-17H2,(H2,28,30)/t25-/m0/s1. The zero-order valence-corrected chi connectivity index (χ0v) is 17.4. The van der Waals surface area contributed by atoms with Crippen LogP contribution in [-0.4, -0.2) is 18.6 Å². The lowest BCUT2D eigenvalue weighted by Crippen LogP contribution is -2.43. The highest BCUT2D eigenvalue weighted by Gasteiger charge is 2.30. The molecule has 0 unspecified atom stereocenters. The normalized spacial score (nSPS) is 15.0. The molecular weight excluding hydrogens is 384 g/mol. The molecule has 2 aliphatic rings. The van der Waals surface area contributed by atoms with Gasteiger partial charge in [-0.3, -0.25) is 4.79 Å². The first-order valence-corrected chi connectivity index (χ1v) is 10.8. The number of nitrogens with two attached hydrogens (primary N) is 1. The second-order valence-corrected chi connectivity index (χ2v) is 8.26. The van der Waals surface area contributed by atoms with Crippen molar-refractivity contribution in [3.05, 3.63) is 107 Å². The Morgan fingerprint density at radius 2 is 1.48 bits per heavy atom. The smallest absolute Gasteiger partial charge is 0.240 e. The number of carbonyl (C=O) groups excluding carboxylic acids is 1. The van der Waals surface area contributed by atoms with Crippen LogP contribution in [0, 0.1) is 0 Å². The molecule has 0 bridgehead atoms. The lowest BCUT2D eigenvalue weighted by Gasteiger charge is -2.22. The number of rotatable bonds is 8. The van der Waals surface area contributed by atoms with Crippen molar-refractivity contribution in [1.82, 2.24) is 5.32 Å². The summed E-state index contributed by atoms with van der Waals surface area (Å²) in [6, 6.07) is 26.5. The maximum Gasteiger partial charge on any atom is 0.240 e. The van der Waals surface area contributed by atoms with Crippen LogP contribution in [0.25, 0.3) is 11.1 Å². The van der Waals surface area contributed by atoms with Gasteiger partial charge in [0.05, 0.1) is 0 Å². The van der Waals surface area contributed by atoms with E-state index in [1.807, 2.05) is 30.3 Å². The third kappa shape index (κ3) is 4.06. The van der Waals surface area contributed by atoms with Gasteiger partial charge in [-0.25, -0.2) is 0 Å². The summed E-state index contributed by atoms with van der Waals surface area (Å²) < 4.78 is 6.34. The molecule has 1 atom stereocenters. The molecule has 156 valence electrons. The van der Waals surface area contributed by atoms with Crippen LogP contribution < -0.4 is 11.1 Å². The minimum atomic E-state index is -0.506. The molecule has 0 aromatic heterocycles. The molecule has 4 heteroatoms. The molecule has 0 spiro atoms. The Kier molecular flexibility index (Phi) is 5.21. The van der Waals surface area contributed by atoms with E-state index in [4.69, 9.17) is 10.5 Å². The highest BCUT2D eigenvalue weighted by Crippen LogP contribution is 2.45. The topological polar surface area (TPSA) is 64.4 Å². The molecule has 3 N–H and O–H groups in total. The number of allylic oxidation sites excluding steroid dienone is 1. The molecule has 0 heterocycles. The quantitative estimate of drug-likeness (QED) is 0.537. The van der Waals surface area contributed by atoms with Crippen molar-refractivity contribution in [3.63, 3.8) is 0 Å². The minimum absolute atomic E-state index is 0.171. The fourth-order valence-corrected chi connectivity index (χ4v) is 4.37. The zero-order valence-electron chi connectivity index (χ0n) is 17.4. The van der Waals surface area contributed by atoms with Gasteiger partial charge in [-0.05, 0) is 46.2 Å². The number of hydrogen-bond acceptors (Lipinski definition) is 3. The highest BCUT2D eigenvalue weighted by molar-refractivity contribution is 5.80. The average Bonchev–Trinajstić information content (AvgIpc) is 3.59.